The minimum absolute atomic E-state index is 0.0497. The Morgan fingerprint density at radius 2 is 2.06 bits per heavy atom. The van der Waals surface area contributed by atoms with Gasteiger partial charge in [0.25, 0.3) is 0 Å². The molecule has 0 saturated carbocycles. The summed E-state index contributed by atoms with van der Waals surface area (Å²) in [4.78, 5) is 12.0. The van der Waals surface area contributed by atoms with Crippen molar-refractivity contribution in [3.8, 4) is 0 Å². The SMILES string of the molecule is Cc1cc(F)ccc1C(=O)c1ccoc1Cl. The van der Waals surface area contributed by atoms with Crippen molar-refractivity contribution >= 4 is 17.4 Å². The maximum Gasteiger partial charge on any atom is 0.204 e. The molecule has 4 heteroatoms. The zero-order chi connectivity index (χ0) is 11.7. The van der Waals surface area contributed by atoms with Crippen molar-refractivity contribution in [2.45, 2.75) is 6.92 Å². The van der Waals surface area contributed by atoms with Crippen LogP contribution in [-0.4, -0.2) is 5.78 Å². The summed E-state index contributed by atoms with van der Waals surface area (Å²) in [5.74, 6) is -0.636. The number of hydrogen-bond donors (Lipinski definition) is 0. The minimum atomic E-state index is -0.368. The number of carbonyl (C=O) groups excluding carboxylic acids is 1. The topological polar surface area (TPSA) is 30.2 Å². The highest BCUT2D eigenvalue weighted by Crippen LogP contribution is 2.22. The van der Waals surface area contributed by atoms with Crippen LogP contribution in [0.25, 0.3) is 0 Å². The van der Waals surface area contributed by atoms with Crippen molar-refractivity contribution in [2.24, 2.45) is 0 Å². The van der Waals surface area contributed by atoms with Crippen LogP contribution in [0.1, 0.15) is 21.5 Å². The number of carbonyl (C=O) groups is 1. The summed E-state index contributed by atoms with van der Waals surface area (Å²) in [6, 6.07) is 5.49. The number of halogens is 2. The number of aryl methyl sites for hydroxylation is 1. The molecule has 0 atom stereocenters. The standard InChI is InChI=1S/C12H8ClFO2/c1-7-6-8(14)2-3-9(7)11(15)10-4-5-16-12(10)13/h2-6H,1H3. The normalized spacial score (nSPS) is 10.4. The summed E-state index contributed by atoms with van der Waals surface area (Å²) >= 11 is 5.71. The Balaban J connectivity index is 2.46. The first-order valence-electron chi connectivity index (χ1n) is 4.63. The van der Waals surface area contributed by atoms with E-state index < -0.39 is 0 Å². The molecular formula is C12H8ClFO2. The van der Waals surface area contributed by atoms with E-state index in [1.54, 1.807) is 6.92 Å². The highest BCUT2D eigenvalue weighted by atomic mass is 35.5. The van der Waals surface area contributed by atoms with Gasteiger partial charge in [-0.15, -0.1) is 0 Å². The Bertz CT molecular complexity index is 546. The maximum atomic E-state index is 12.9. The predicted octanol–water partition coefficient (Wildman–Crippen LogP) is 3.61. The first kappa shape index (κ1) is 10.9. The molecular weight excluding hydrogens is 231 g/mol. The smallest absolute Gasteiger partial charge is 0.204 e. The maximum absolute atomic E-state index is 12.9. The highest BCUT2D eigenvalue weighted by Gasteiger charge is 2.17. The quantitative estimate of drug-likeness (QED) is 0.748. The second-order valence-corrected chi connectivity index (χ2v) is 3.74. The molecule has 2 nitrogen and oxygen atoms in total. The van der Waals surface area contributed by atoms with E-state index in [1.807, 2.05) is 0 Å². The Labute approximate surface area is 96.6 Å². The van der Waals surface area contributed by atoms with E-state index in [2.05, 4.69) is 0 Å². The molecule has 0 saturated heterocycles. The molecule has 1 aromatic heterocycles. The molecule has 0 aliphatic heterocycles. The number of furan rings is 1. The summed E-state index contributed by atoms with van der Waals surface area (Å²) < 4.78 is 17.7. The summed E-state index contributed by atoms with van der Waals surface area (Å²) in [6.45, 7) is 1.67. The fraction of sp³-hybridized carbons (Fsp3) is 0.0833. The van der Waals surface area contributed by atoms with E-state index in [-0.39, 0.29) is 22.4 Å². The zero-order valence-electron chi connectivity index (χ0n) is 8.46. The van der Waals surface area contributed by atoms with Crippen LogP contribution in [0.5, 0.6) is 0 Å². The molecule has 0 radical (unpaired) electrons. The molecule has 1 aromatic carbocycles. The minimum Gasteiger partial charge on any atom is -0.452 e. The molecule has 2 aromatic rings. The summed E-state index contributed by atoms with van der Waals surface area (Å²) in [6.07, 6.45) is 1.34. The van der Waals surface area contributed by atoms with Crippen LogP contribution in [-0.2, 0) is 0 Å². The van der Waals surface area contributed by atoms with E-state index in [4.69, 9.17) is 16.0 Å². The lowest BCUT2D eigenvalue weighted by molar-refractivity contribution is 0.103. The fourth-order valence-corrected chi connectivity index (χ4v) is 1.68. The highest BCUT2D eigenvalue weighted by molar-refractivity contribution is 6.33. The average Bonchev–Trinajstić information content (AvgIpc) is 2.63. The van der Waals surface area contributed by atoms with Crippen LogP contribution in [0.15, 0.2) is 34.9 Å². The fourth-order valence-electron chi connectivity index (χ4n) is 1.48. The molecule has 0 fully saturated rings. The molecule has 16 heavy (non-hydrogen) atoms. The van der Waals surface area contributed by atoms with Crippen molar-refractivity contribution in [1.29, 1.82) is 0 Å². The second-order valence-electron chi connectivity index (χ2n) is 3.40. The predicted molar refractivity (Wildman–Crippen MR) is 58.3 cm³/mol. The van der Waals surface area contributed by atoms with E-state index >= 15 is 0 Å². The van der Waals surface area contributed by atoms with Gasteiger partial charge in [0.2, 0.25) is 5.22 Å². The second kappa shape index (κ2) is 4.10. The van der Waals surface area contributed by atoms with Crippen LogP contribution in [0.3, 0.4) is 0 Å². The Morgan fingerprint density at radius 1 is 1.31 bits per heavy atom. The van der Waals surface area contributed by atoms with Gasteiger partial charge in [0.15, 0.2) is 5.78 Å². The first-order valence-corrected chi connectivity index (χ1v) is 5.01. The largest absolute Gasteiger partial charge is 0.452 e. The molecule has 1 heterocycles. The lowest BCUT2D eigenvalue weighted by atomic mass is 10.0. The summed E-state index contributed by atoms with van der Waals surface area (Å²) in [5, 5.41) is 0.0497. The Hall–Kier alpha value is -1.61. The van der Waals surface area contributed by atoms with Crippen LogP contribution in [0, 0.1) is 12.7 Å². The first-order chi connectivity index (χ1) is 7.59. The molecule has 82 valence electrons. The van der Waals surface area contributed by atoms with Crippen molar-refractivity contribution in [3.63, 3.8) is 0 Å². The van der Waals surface area contributed by atoms with Gasteiger partial charge in [-0.1, -0.05) is 0 Å². The Morgan fingerprint density at radius 3 is 2.62 bits per heavy atom. The van der Waals surface area contributed by atoms with Crippen LogP contribution >= 0.6 is 11.6 Å². The molecule has 2 rings (SSSR count). The van der Waals surface area contributed by atoms with Gasteiger partial charge in [0, 0.05) is 5.56 Å². The van der Waals surface area contributed by atoms with Crippen molar-refractivity contribution in [1.82, 2.24) is 0 Å². The van der Waals surface area contributed by atoms with Crippen LogP contribution in [0.2, 0.25) is 5.22 Å². The molecule has 0 aliphatic carbocycles. The molecule has 0 amide bonds. The molecule has 0 unspecified atom stereocenters. The number of ketones is 1. The van der Waals surface area contributed by atoms with E-state index in [9.17, 15) is 9.18 Å². The molecule has 0 aliphatic rings. The van der Waals surface area contributed by atoms with E-state index in [1.165, 1.54) is 30.5 Å². The van der Waals surface area contributed by atoms with Crippen LogP contribution < -0.4 is 0 Å². The van der Waals surface area contributed by atoms with Gasteiger partial charge in [-0.05, 0) is 48.4 Å². The average molecular weight is 239 g/mol. The van der Waals surface area contributed by atoms with E-state index in [0.717, 1.165) is 0 Å². The monoisotopic (exact) mass is 238 g/mol. The van der Waals surface area contributed by atoms with Crippen molar-refractivity contribution in [2.75, 3.05) is 0 Å². The number of benzene rings is 1. The van der Waals surface area contributed by atoms with Gasteiger partial charge < -0.3 is 4.42 Å². The Kier molecular flexibility index (Phi) is 2.79. The van der Waals surface area contributed by atoms with E-state index in [0.29, 0.717) is 11.1 Å². The van der Waals surface area contributed by atoms with Crippen LogP contribution in [0.4, 0.5) is 4.39 Å². The molecule has 0 N–H and O–H groups in total. The number of hydrogen-bond acceptors (Lipinski definition) is 2. The molecule has 0 spiro atoms. The van der Waals surface area contributed by atoms with Gasteiger partial charge in [-0.2, -0.15) is 0 Å². The molecule has 0 bridgehead atoms. The van der Waals surface area contributed by atoms with Gasteiger partial charge in [-0.3, -0.25) is 4.79 Å². The summed E-state index contributed by atoms with van der Waals surface area (Å²) in [7, 11) is 0. The third-order valence-corrected chi connectivity index (χ3v) is 2.59. The third kappa shape index (κ3) is 1.86. The van der Waals surface area contributed by atoms with Crippen molar-refractivity contribution < 1.29 is 13.6 Å². The zero-order valence-corrected chi connectivity index (χ0v) is 9.22. The van der Waals surface area contributed by atoms with Gasteiger partial charge in [0.05, 0.1) is 11.8 Å². The summed E-state index contributed by atoms with van der Waals surface area (Å²) in [5.41, 5.74) is 1.28. The lowest BCUT2D eigenvalue weighted by Gasteiger charge is -2.03. The van der Waals surface area contributed by atoms with Gasteiger partial charge in [0.1, 0.15) is 5.82 Å². The third-order valence-electron chi connectivity index (χ3n) is 2.30. The van der Waals surface area contributed by atoms with Gasteiger partial charge in [-0.25, -0.2) is 4.39 Å². The van der Waals surface area contributed by atoms with Crippen molar-refractivity contribution in [3.05, 3.63) is 58.3 Å². The number of rotatable bonds is 2. The van der Waals surface area contributed by atoms with Gasteiger partial charge >= 0.3 is 0 Å². The lowest BCUT2D eigenvalue weighted by Crippen LogP contribution is -2.03.